The molecule has 0 bridgehead atoms. The Hall–Kier alpha value is -1.36. The molecule has 1 N–H and O–H groups in total. The lowest BCUT2D eigenvalue weighted by Gasteiger charge is -2.15. The highest BCUT2D eigenvalue weighted by Crippen LogP contribution is 2.17. The summed E-state index contributed by atoms with van der Waals surface area (Å²) >= 11 is 0. The van der Waals surface area contributed by atoms with Gasteiger partial charge in [0.15, 0.2) is 0 Å². The summed E-state index contributed by atoms with van der Waals surface area (Å²) in [5.74, 6) is -0.280. The number of carbonyl (C=O) groups is 2. The van der Waals surface area contributed by atoms with E-state index in [9.17, 15) is 9.59 Å². The van der Waals surface area contributed by atoms with Crippen LogP contribution in [0.3, 0.4) is 0 Å². The van der Waals surface area contributed by atoms with Crippen LogP contribution in [0.15, 0.2) is 12.2 Å². The van der Waals surface area contributed by atoms with Crippen LogP contribution in [-0.4, -0.2) is 50.1 Å². The number of hydrogen-bond donors (Lipinski definition) is 1. The zero-order valence-electron chi connectivity index (χ0n) is 10.5. The molecule has 0 spiro atoms. The van der Waals surface area contributed by atoms with Gasteiger partial charge in [-0.05, 0) is 6.92 Å². The van der Waals surface area contributed by atoms with Gasteiger partial charge in [-0.15, -0.1) is 0 Å². The fraction of sp³-hybridized carbons (Fsp3) is 0.667. The molecule has 1 unspecified atom stereocenters. The van der Waals surface area contributed by atoms with Crippen LogP contribution in [0.4, 0.5) is 0 Å². The summed E-state index contributed by atoms with van der Waals surface area (Å²) in [6, 6.07) is 0. The van der Waals surface area contributed by atoms with Crippen molar-refractivity contribution in [3.8, 4) is 0 Å². The van der Waals surface area contributed by atoms with Gasteiger partial charge in [0.2, 0.25) is 11.8 Å². The van der Waals surface area contributed by atoms with Crippen molar-refractivity contribution in [1.29, 1.82) is 0 Å². The van der Waals surface area contributed by atoms with Crippen LogP contribution in [0.5, 0.6) is 0 Å². The first-order valence-electron chi connectivity index (χ1n) is 5.73. The highest BCUT2D eigenvalue weighted by Gasteiger charge is 2.33. The average Bonchev–Trinajstić information content (AvgIpc) is 2.65. The van der Waals surface area contributed by atoms with E-state index in [2.05, 4.69) is 11.9 Å². The van der Waals surface area contributed by atoms with Gasteiger partial charge in [-0.1, -0.05) is 12.2 Å². The molecule has 2 amide bonds. The summed E-state index contributed by atoms with van der Waals surface area (Å²) < 4.78 is 4.92. The maximum Gasteiger partial charge on any atom is 0.225 e. The Labute approximate surface area is 102 Å². The summed E-state index contributed by atoms with van der Waals surface area (Å²) in [6.07, 6.45) is 0.297. The van der Waals surface area contributed by atoms with Crippen LogP contribution < -0.4 is 5.32 Å². The quantitative estimate of drug-likeness (QED) is 0.673. The SMILES string of the molecule is C=C(C)CNC(=O)C1CC(=O)N(CCOC)C1. The molecule has 1 rings (SSSR count). The molecule has 5 nitrogen and oxygen atoms in total. The Morgan fingerprint density at radius 3 is 2.94 bits per heavy atom. The molecule has 0 aromatic rings. The van der Waals surface area contributed by atoms with Gasteiger partial charge in [-0.2, -0.15) is 0 Å². The molecule has 0 aromatic carbocycles. The largest absolute Gasteiger partial charge is 0.383 e. The summed E-state index contributed by atoms with van der Waals surface area (Å²) in [7, 11) is 1.59. The van der Waals surface area contributed by atoms with E-state index in [0.29, 0.717) is 32.7 Å². The van der Waals surface area contributed by atoms with E-state index in [1.165, 1.54) is 0 Å². The van der Waals surface area contributed by atoms with Gasteiger partial charge in [0, 0.05) is 33.2 Å². The molecule has 1 heterocycles. The molecule has 1 saturated heterocycles. The molecule has 0 radical (unpaired) electrons. The molecule has 17 heavy (non-hydrogen) atoms. The zero-order valence-corrected chi connectivity index (χ0v) is 10.5. The van der Waals surface area contributed by atoms with Gasteiger partial charge in [-0.3, -0.25) is 9.59 Å². The van der Waals surface area contributed by atoms with Gasteiger partial charge < -0.3 is 15.0 Å². The Morgan fingerprint density at radius 2 is 2.35 bits per heavy atom. The van der Waals surface area contributed by atoms with Crippen molar-refractivity contribution in [1.82, 2.24) is 10.2 Å². The van der Waals surface area contributed by atoms with Crippen LogP contribution >= 0.6 is 0 Å². The van der Waals surface area contributed by atoms with Crippen molar-refractivity contribution in [3.63, 3.8) is 0 Å². The number of ether oxygens (including phenoxy) is 1. The summed E-state index contributed by atoms with van der Waals surface area (Å²) in [4.78, 5) is 25.0. The van der Waals surface area contributed by atoms with Crippen molar-refractivity contribution in [3.05, 3.63) is 12.2 Å². The smallest absolute Gasteiger partial charge is 0.225 e. The Kier molecular flexibility index (Phi) is 5.15. The lowest BCUT2D eigenvalue weighted by atomic mass is 10.1. The third-order valence-electron chi connectivity index (χ3n) is 2.72. The first-order valence-corrected chi connectivity index (χ1v) is 5.73. The fourth-order valence-corrected chi connectivity index (χ4v) is 1.75. The van der Waals surface area contributed by atoms with E-state index in [-0.39, 0.29) is 17.7 Å². The highest BCUT2D eigenvalue weighted by atomic mass is 16.5. The number of rotatable bonds is 6. The van der Waals surface area contributed by atoms with Crippen molar-refractivity contribution >= 4 is 11.8 Å². The fourth-order valence-electron chi connectivity index (χ4n) is 1.75. The maximum atomic E-state index is 11.8. The van der Waals surface area contributed by atoms with Crippen LogP contribution in [-0.2, 0) is 14.3 Å². The number of nitrogens with one attached hydrogen (secondary N) is 1. The second kappa shape index (κ2) is 6.39. The van der Waals surface area contributed by atoms with E-state index < -0.39 is 0 Å². The summed E-state index contributed by atoms with van der Waals surface area (Å²) in [5.41, 5.74) is 0.902. The average molecular weight is 240 g/mol. The third kappa shape index (κ3) is 4.19. The van der Waals surface area contributed by atoms with E-state index in [0.717, 1.165) is 5.57 Å². The third-order valence-corrected chi connectivity index (χ3v) is 2.72. The molecule has 0 saturated carbocycles. The number of methoxy groups -OCH3 is 1. The second-order valence-electron chi connectivity index (χ2n) is 4.41. The number of hydrogen-bond acceptors (Lipinski definition) is 3. The van der Waals surface area contributed by atoms with E-state index in [4.69, 9.17) is 4.74 Å². The molecule has 0 aliphatic carbocycles. The zero-order chi connectivity index (χ0) is 12.8. The van der Waals surface area contributed by atoms with E-state index in [1.807, 2.05) is 6.92 Å². The van der Waals surface area contributed by atoms with Crippen molar-refractivity contribution < 1.29 is 14.3 Å². The van der Waals surface area contributed by atoms with Gasteiger partial charge in [0.25, 0.3) is 0 Å². The summed E-state index contributed by atoms with van der Waals surface area (Å²) in [5, 5.41) is 2.77. The van der Waals surface area contributed by atoms with Crippen molar-refractivity contribution in [2.24, 2.45) is 5.92 Å². The predicted octanol–water partition coefficient (Wildman–Crippen LogP) is 0.174. The minimum Gasteiger partial charge on any atom is -0.383 e. The molecule has 0 aromatic heterocycles. The van der Waals surface area contributed by atoms with E-state index in [1.54, 1.807) is 12.0 Å². The van der Waals surface area contributed by atoms with Crippen LogP contribution in [0.2, 0.25) is 0 Å². The highest BCUT2D eigenvalue weighted by molar-refractivity contribution is 5.89. The lowest BCUT2D eigenvalue weighted by Crippen LogP contribution is -2.34. The normalized spacial score (nSPS) is 19.5. The van der Waals surface area contributed by atoms with Crippen LogP contribution in [0.1, 0.15) is 13.3 Å². The van der Waals surface area contributed by atoms with Crippen LogP contribution in [0, 0.1) is 5.92 Å². The van der Waals surface area contributed by atoms with Gasteiger partial charge in [0.05, 0.1) is 12.5 Å². The van der Waals surface area contributed by atoms with Crippen molar-refractivity contribution in [2.45, 2.75) is 13.3 Å². The number of amides is 2. The van der Waals surface area contributed by atoms with Crippen molar-refractivity contribution in [2.75, 3.05) is 33.4 Å². The molecule has 1 aliphatic rings. The van der Waals surface area contributed by atoms with Gasteiger partial charge in [0.1, 0.15) is 0 Å². The van der Waals surface area contributed by atoms with Crippen LogP contribution in [0.25, 0.3) is 0 Å². The Bertz CT molecular complexity index is 315. The lowest BCUT2D eigenvalue weighted by molar-refractivity contribution is -0.129. The molecular weight excluding hydrogens is 220 g/mol. The minimum atomic E-state index is -0.237. The molecule has 1 aliphatic heterocycles. The summed E-state index contributed by atoms with van der Waals surface area (Å²) in [6.45, 7) is 7.59. The monoisotopic (exact) mass is 240 g/mol. The molecule has 1 fully saturated rings. The topological polar surface area (TPSA) is 58.6 Å². The first kappa shape index (κ1) is 13.7. The van der Waals surface area contributed by atoms with Gasteiger partial charge >= 0.3 is 0 Å². The van der Waals surface area contributed by atoms with Gasteiger partial charge in [-0.25, -0.2) is 0 Å². The first-order chi connectivity index (χ1) is 8.04. The molecular formula is C12H20N2O3. The molecule has 96 valence electrons. The van der Waals surface area contributed by atoms with E-state index >= 15 is 0 Å². The Morgan fingerprint density at radius 1 is 1.65 bits per heavy atom. The number of carbonyl (C=O) groups excluding carboxylic acids is 2. The number of nitrogens with zero attached hydrogens (tertiary/aromatic N) is 1. The Balaban J connectivity index is 2.39. The molecule has 5 heteroatoms. The minimum absolute atomic E-state index is 0.0255. The second-order valence-corrected chi connectivity index (χ2v) is 4.41. The number of likely N-dealkylation sites (tertiary alicyclic amines) is 1. The predicted molar refractivity (Wildman–Crippen MR) is 64.4 cm³/mol. The maximum absolute atomic E-state index is 11.8. The molecule has 1 atom stereocenters. The standard InChI is InChI=1S/C12H20N2O3/c1-9(2)7-13-12(16)10-6-11(15)14(8-10)4-5-17-3/h10H,1,4-8H2,2-3H3,(H,13,16).